The van der Waals surface area contributed by atoms with Gasteiger partial charge in [0.2, 0.25) is 0 Å². The van der Waals surface area contributed by atoms with Crippen molar-refractivity contribution < 1.29 is 42.8 Å². The van der Waals surface area contributed by atoms with Gasteiger partial charge in [-0.25, -0.2) is 0 Å². The second kappa shape index (κ2) is 16.1. The van der Waals surface area contributed by atoms with Crippen LogP contribution in [0, 0.1) is 13.8 Å². The van der Waals surface area contributed by atoms with Gasteiger partial charge in [-0.05, 0) is 68.3 Å². The molecule has 0 spiro atoms. The molecule has 9 nitrogen and oxygen atoms in total. The van der Waals surface area contributed by atoms with E-state index in [1.54, 1.807) is 27.0 Å². The Kier molecular flexibility index (Phi) is 12.3. The smallest absolute Gasteiger partial charge is 0.306 e. The molecule has 224 valence electrons. The van der Waals surface area contributed by atoms with E-state index in [1.807, 2.05) is 61.5 Å². The van der Waals surface area contributed by atoms with Gasteiger partial charge in [0.25, 0.3) is 0 Å². The molecule has 0 amide bonds. The largest absolute Gasteiger partial charge is 0.497 e. The summed E-state index contributed by atoms with van der Waals surface area (Å²) in [6.07, 6.45) is 1.26. The second-order valence-electron chi connectivity index (χ2n) is 9.49. The maximum atomic E-state index is 11.1. The van der Waals surface area contributed by atoms with E-state index in [9.17, 15) is 9.59 Å². The summed E-state index contributed by atoms with van der Waals surface area (Å²) in [5, 5.41) is 17.7. The number of carbonyl (C=O) groups is 2. The first-order valence-corrected chi connectivity index (χ1v) is 13.7. The number of ether oxygens (including phenoxy) is 3. The summed E-state index contributed by atoms with van der Waals surface area (Å²) >= 11 is 0. The van der Waals surface area contributed by atoms with Crippen LogP contribution in [0.2, 0.25) is 0 Å². The number of aliphatic carboxylic acids is 1. The van der Waals surface area contributed by atoms with E-state index >= 15 is 0 Å². The van der Waals surface area contributed by atoms with Crippen molar-refractivity contribution in [2.75, 3.05) is 13.7 Å². The fraction of sp³-hybridized carbons (Fsp3) is 0.333. The number of carboxylic acid groups (broad SMARTS) is 1. The summed E-state index contributed by atoms with van der Waals surface area (Å²) in [7, 11) is 1.65. The quantitative estimate of drug-likeness (QED) is 0.172. The lowest BCUT2D eigenvalue weighted by molar-refractivity contribution is -0.143. The van der Waals surface area contributed by atoms with Gasteiger partial charge in [-0.1, -0.05) is 24.3 Å². The number of aliphatic hydroxyl groups is 1. The van der Waals surface area contributed by atoms with Crippen LogP contribution >= 0.6 is 0 Å². The van der Waals surface area contributed by atoms with Crippen LogP contribution in [0.3, 0.4) is 0 Å². The molecule has 4 aromatic rings. The number of esters is 1. The molecule has 2 aromatic heterocycles. The van der Waals surface area contributed by atoms with Gasteiger partial charge >= 0.3 is 11.9 Å². The van der Waals surface area contributed by atoms with Crippen molar-refractivity contribution in [1.29, 1.82) is 0 Å². The standard InChI is InChI=1S/C22H22O5.C11H16O4/c1-15-18(13-21(27-15)11-12-22(23)24)14-26-20-9-5-17(6-10-20)16-3-7-19(25-2)8-4-16;1-3-14-11(13)5-4-10-6-9(7-12)8(2)15-10/h3-10,13H,11-12,14H2,1-2H3,(H,23,24);6,12H,3-5,7H2,1-2H3. The Morgan fingerprint density at radius 3 is 1.81 bits per heavy atom. The highest BCUT2D eigenvalue weighted by molar-refractivity contribution is 5.69. The minimum absolute atomic E-state index is 0.0330. The van der Waals surface area contributed by atoms with Gasteiger partial charge < -0.3 is 33.3 Å². The number of hydrogen-bond donors (Lipinski definition) is 2. The van der Waals surface area contributed by atoms with E-state index in [-0.39, 0.29) is 19.0 Å². The molecule has 0 unspecified atom stereocenters. The first-order valence-electron chi connectivity index (χ1n) is 13.7. The number of furan rings is 2. The molecule has 0 radical (unpaired) electrons. The number of hydrogen-bond acceptors (Lipinski definition) is 8. The predicted octanol–water partition coefficient (Wildman–Crippen LogP) is 6.44. The van der Waals surface area contributed by atoms with Gasteiger partial charge in [0, 0.05) is 24.0 Å². The van der Waals surface area contributed by atoms with Crippen molar-refractivity contribution >= 4 is 11.9 Å². The lowest BCUT2D eigenvalue weighted by Crippen LogP contribution is -2.04. The maximum Gasteiger partial charge on any atom is 0.306 e. The molecule has 0 aliphatic rings. The van der Waals surface area contributed by atoms with Crippen molar-refractivity contribution in [3.8, 4) is 22.6 Å². The first-order chi connectivity index (χ1) is 20.2. The number of carboxylic acids is 1. The minimum atomic E-state index is -0.834. The molecule has 9 heteroatoms. The Morgan fingerprint density at radius 1 is 0.786 bits per heavy atom. The van der Waals surface area contributed by atoms with Gasteiger partial charge in [0.05, 0.1) is 33.2 Å². The van der Waals surface area contributed by atoms with Gasteiger partial charge in [-0.15, -0.1) is 0 Å². The van der Waals surface area contributed by atoms with Crippen molar-refractivity contribution in [2.45, 2.75) is 59.7 Å². The lowest BCUT2D eigenvalue weighted by Gasteiger charge is -2.07. The Bertz CT molecular complexity index is 1410. The van der Waals surface area contributed by atoms with Crippen LogP contribution in [0.1, 0.15) is 53.9 Å². The molecule has 0 fully saturated rings. The normalized spacial score (nSPS) is 10.5. The molecule has 2 heterocycles. The Labute approximate surface area is 245 Å². The molecule has 0 aliphatic heterocycles. The van der Waals surface area contributed by atoms with E-state index in [2.05, 4.69) is 0 Å². The number of aliphatic hydroxyl groups excluding tert-OH is 1. The molecule has 0 aliphatic carbocycles. The van der Waals surface area contributed by atoms with Crippen LogP contribution in [0.5, 0.6) is 11.5 Å². The summed E-state index contributed by atoms with van der Waals surface area (Å²) in [4.78, 5) is 21.7. The number of methoxy groups -OCH3 is 1. The fourth-order valence-corrected chi connectivity index (χ4v) is 4.10. The number of benzene rings is 2. The van der Waals surface area contributed by atoms with E-state index < -0.39 is 5.97 Å². The first kappa shape index (κ1) is 32.0. The van der Waals surface area contributed by atoms with Gasteiger partial charge in [0.1, 0.15) is 41.1 Å². The highest BCUT2D eigenvalue weighted by Gasteiger charge is 2.11. The fourth-order valence-electron chi connectivity index (χ4n) is 4.10. The molecule has 0 saturated carbocycles. The topological polar surface area (TPSA) is 129 Å². The predicted molar refractivity (Wildman–Crippen MR) is 156 cm³/mol. The van der Waals surface area contributed by atoms with Crippen LogP contribution in [0.4, 0.5) is 0 Å². The van der Waals surface area contributed by atoms with Crippen LogP contribution < -0.4 is 9.47 Å². The number of aryl methyl sites for hydroxylation is 4. The molecule has 4 rings (SSSR count). The average molecular weight is 579 g/mol. The zero-order valence-electron chi connectivity index (χ0n) is 24.5. The zero-order chi connectivity index (χ0) is 30.5. The zero-order valence-corrected chi connectivity index (χ0v) is 24.5. The van der Waals surface area contributed by atoms with Crippen LogP contribution in [-0.4, -0.2) is 35.9 Å². The van der Waals surface area contributed by atoms with Crippen molar-refractivity contribution in [3.05, 3.63) is 94.8 Å². The molecule has 0 atom stereocenters. The molecule has 0 saturated heterocycles. The molecule has 2 aromatic carbocycles. The third kappa shape index (κ3) is 9.85. The minimum Gasteiger partial charge on any atom is -0.497 e. The van der Waals surface area contributed by atoms with Crippen molar-refractivity contribution in [3.63, 3.8) is 0 Å². The van der Waals surface area contributed by atoms with Crippen LogP contribution in [0.25, 0.3) is 11.1 Å². The van der Waals surface area contributed by atoms with E-state index in [0.717, 1.165) is 39.5 Å². The van der Waals surface area contributed by atoms with Crippen molar-refractivity contribution in [2.24, 2.45) is 0 Å². The molecule has 2 N–H and O–H groups in total. The average Bonchev–Trinajstić information content (AvgIpc) is 3.55. The Hall–Kier alpha value is -4.50. The molecule has 0 bridgehead atoms. The maximum absolute atomic E-state index is 11.1. The third-order valence-electron chi connectivity index (χ3n) is 6.45. The SMILES string of the molecule is CCOC(=O)CCc1cc(CO)c(C)o1.COc1ccc(-c2ccc(OCc3cc(CCC(=O)O)oc3C)cc2)cc1. The highest BCUT2D eigenvalue weighted by atomic mass is 16.5. The molecular weight excluding hydrogens is 540 g/mol. The summed E-state index contributed by atoms with van der Waals surface area (Å²) in [5.74, 6) is 3.38. The summed E-state index contributed by atoms with van der Waals surface area (Å²) in [6, 6.07) is 19.4. The third-order valence-corrected chi connectivity index (χ3v) is 6.45. The highest BCUT2D eigenvalue weighted by Crippen LogP contribution is 2.25. The summed E-state index contributed by atoms with van der Waals surface area (Å²) < 4.78 is 26.8. The number of carbonyl (C=O) groups excluding carboxylic acids is 1. The van der Waals surface area contributed by atoms with Crippen LogP contribution in [0.15, 0.2) is 69.5 Å². The Balaban J connectivity index is 0.000000274. The van der Waals surface area contributed by atoms with E-state index in [0.29, 0.717) is 49.8 Å². The van der Waals surface area contributed by atoms with Gasteiger partial charge in [0.15, 0.2) is 0 Å². The summed E-state index contributed by atoms with van der Waals surface area (Å²) in [6.45, 7) is 6.17. The van der Waals surface area contributed by atoms with Crippen LogP contribution in [-0.2, 0) is 40.4 Å². The van der Waals surface area contributed by atoms with Gasteiger partial charge in [-0.2, -0.15) is 0 Å². The van der Waals surface area contributed by atoms with E-state index in [4.69, 9.17) is 33.3 Å². The Morgan fingerprint density at radius 2 is 1.31 bits per heavy atom. The summed E-state index contributed by atoms with van der Waals surface area (Å²) in [5.41, 5.74) is 3.90. The monoisotopic (exact) mass is 578 g/mol. The molecule has 42 heavy (non-hydrogen) atoms. The van der Waals surface area contributed by atoms with E-state index in [1.165, 1.54) is 0 Å². The lowest BCUT2D eigenvalue weighted by atomic mass is 10.1. The number of rotatable bonds is 13. The van der Waals surface area contributed by atoms with Crippen molar-refractivity contribution in [1.82, 2.24) is 0 Å². The van der Waals surface area contributed by atoms with Gasteiger partial charge in [-0.3, -0.25) is 9.59 Å². The molecular formula is C33H38O9. The second-order valence-corrected chi connectivity index (χ2v) is 9.49.